The Bertz CT molecular complexity index is 376. The molecule has 19 heavy (non-hydrogen) atoms. The summed E-state index contributed by atoms with van der Waals surface area (Å²) in [5.74, 6) is 0.732. The zero-order valence-corrected chi connectivity index (χ0v) is 12.8. The summed E-state index contributed by atoms with van der Waals surface area (Å²) in [4.78, 5) is 0. The summed E-state index contributed by atoms with van der Waals surface area (Å²) in [6.07, 6.45) is -0.583. The number of hydrogen-bond donors (Lipinski definition) is 2. The number of benzene rings is 1. The summed E-state index contributed by atoms with van der Waals surface area (Å²) in [5, 5.41) is 12.9. The van der Waals surface area contributed by atoms with E-state index in [4.69, 9.17) is 14.2 Å². The maximum atomic E-state index is 9.76. The van der Waals surface area contributed by atoms with Crippen molar-refractivity contribution in [2.75, 3.05) is 45.9 Å². The van der Waals surface area contributed by atoms with E-state index in [1.807, 2.05) is 18.2 Å². The minimum absolute atomic E-state index is 0.271. The number of aliphatic hydroxyl groups excluding tert-OH is 1. The number of halogens is 1. The topological polar surface area (TPSA) is 60.0 Å². The standard InChI is InChI=1S/C13H20BrNO4/c1-17-5-6-19-9-11(16)8-15-12-7-10(14)3-4-13(12)18-2/h3-4,7,11,15-16H,5-6,8-9H2,1-2H3. The van der Waals surface area contributed by atoms with Crippen molar-refractivity contribution in [1.82, 2.24) is 0 Å². The third kappa shape index (κ3) is 6.24. The normalized spacial score (nSPS) is 12.2. The summed E-state index contributed by atoms with van der Waals surface area (Å²) < 4.78 is 16.3. The average Bonchev–Trinajstić information content (AvgIpc) is 2.41. The van der Waals surface area contributed by atoms with Crippen LogP contribution in [0.4, 0.5) is 5.69 Å². The van der Waals surface area contributed by atoms with Gasteiger partial charge in [0, 0.05) is 18.1 Å². The van der Waals surface area contributed by atoms with E-state index in [0.717, 1.165) is 15.9 Å². The predicted molar refractivity (Wildman–Crippen MR) is 77.9 cm³/mol. The lowest BCUT2D eigenvalue weighted by molar-refractivity contribution is 0.0182. The van der Waals surface area contributed by atoms with Crippen molar-refractivity contribution >= 4 is 21.6 Å². The Morgan fingerprint density at radius 2 is 2.11 bits per heavy atom. The molecule has 0 heterocycles. The lowest BCUT2D eigenvalue weighted by Gasteiger charge is -2.15. The van der Waals surface area contributed by atoms with Crippen molar-refractivity contribution in [1.29, 1.82) is 0 Å². The van der Waals surface area contributed by atoms with Gasteiger partial charge >= 0.3 is 0 Å². The van der Waals surface area contributed by atoms with Crippen LogP contribution in [0.15, 0.2) is 22.7 Å². The van der Waals surface area contributed by atoms with E-state index in [1.54, 1.807) is 14.2 Å². The number of aliphatic hydroxyl groups is 1. The summed E-state index contributed by atoms with van der Waals surface area (Å²) in [7, 11) is 3.22. The van der Waals surface area contributed by atoms with Crippen molar-refractivity contribution in [3.63, 3.8) is 0 Å². The largest absolute Gasteiger partial charge is 0.495 e. The zero-order chi connectivity index (χ0) is 14.1. The van der Waals surface area contributed by atoms with Crippen molar-refractivity contribution in [3.8, 4) is 5.75 Å². The number of anilines is 1. The third-order valence-corrected chi connectivity index (χ3v) is 2.92. The number of methoxy groups -OCH3 is 2. The third-order valence-electron chi connectivity index (χ3n) is 2.43. The van der Waals surface area contributed by atoms with Gasteiger partial charge in [-0.25, -0.2) is 0 Å². The molecule has 0 aliphatic carbocycles. The quantitative estimate of drug-likeness (QED) is 0.676. The lowest BCUT2D eigenvalue weighted by Crippen LogP contribution is -2.25. The summed E-state index contributed by atoms with van der Waals surface area (Å²) in [6.45, 7) is 1.67. The van der Waals surface area contributed by atoms with Crippen LogP contribution in [0.1, 0.15) is 0 Å². The van der Waals surface area contributed by atoms with E-state index in [2.05, 4.69) is 21.2 Å². The molecule has 0 amide bonds. The van der Waals surface area contributed by atoms with Gasteiger partial charge in [-0.3, -0.25) is 0 Å². The van der Waals surface area contributed by atoms with Crippen LogP contribution in [-0.2, 0) is 9.47 Å². The van der Waals surface area contributed by atoms with E-state index in [1.165, 1.54) is 0 Å². The Kier molecular flexibility index (Phi) is 7.81. The molecule has 2 N–H and O–H groups in total. The number of hydrogen-bond acceptors (Lipinski definition) is 5. The average molecular weight is 334 g/mol. The molecular formula is C13H20BrNO4. The predicted octanol–water partition coefficient (Wildman–Crippen LogP) is 1.89. The smallest absolute Gasteiger partial charge is 0.142 e. The molecule has 6 heteroatoms. The molecule has 0 saturated heterocycles. The molecule has 108 valence electrons. The van der Waals surface area contributed by atoms with Crippen molar-refractivity contribution in [2.45, 2.75) is 6.10 Å². The van der Waals surface area contributed by atoms with Gasteiger partial charge in [-0.2, -0.15) is 0 Å². The molecule has 0 aliphatic rings. The van der Waals surface area contributed by atoms with Gasteiger partial charge in [0.1, 0.15) is 5.75 Å². The molecular weight excluding hydrogens is 314 g/mol. The van der Waals surface area contributed by atoms with E-state index in [0.29, 0.717) is 19.8 Å². The Hall–Kier alpha value is -0.820. The van der Waals surface area contributed by atoms with Gasteiger partial charge in [0.15, 0.2) is 0 Å². The number of nitrogens with one attached hydrogen (secondary N) is 1. The fourth-order valence-corrected chi connectivity index (χ4v) is 1.83. The molecule has 0 fully saturated rings. The van der Waals surface area contributed by atoms with E-state index < -0.39 is 6.10 Å². The first-order valence-corrected chi connectivity index (χ1v) is 6.78. The first-order chi connectivity index (χ1) is 9.17. The van der Waals surface area contributed by atoms with Crippen molar-refractivity contribution < 1.29 is 19.3 Å². The maximum absolute atomic E-state index is 9.76. The molecule has 1 unspecified atom stereocenters. The summed E-state index contributed by atoms with van der Waals surface area (Å²) in [5.41, 5.74) is 0.827. The van der Waals surface area contributed by atoms with E-state index in [9.17, 15) is 5.11 Å². The Labute approximate surface area is 122 Å². The van der Waals surface area contributed by atoms with Gasteiger partial charge in [0.05, 0.1) is 38.7 Å². The molecule has 0 aliphatic heterocycles. The van der Waals surface area contributed by atoms with Crippen molar-refractivity contribution in [2.24, 2.45) is 0 Å². The van der Waals surface area contributed by atoms with Crippen LogP contribution in [0.5, 0.6) is 5.75 Å². The van der Waals surface area contributed by atoms with Crippen LogP contribution < -0.4 is 10.1 Å². The highest BCUT2D eigenvalue weighted by Crippen LogP contribution is 2.27. The van der Waals surface area contributed by atoms with E-state index >= 15 is 0 Å². The lowest BCUT2D eigenvalue weighted by atomic mass is 10.2. The van der Waals surface area contributed by atoms with Gasteiger partial charge in [0.25, 0.3) is 0 Å². The first-order valence-electron chi connectivity index (χ1n) is 5.99. The minimum Gasteiger partial charge on any atom is -0.495 e. The van der Waals surface area contributed by atoms with Crippen LogP contribution in [0.2, 0.25) is 0 Å². The second-order valence-corrected chi connectivity index (χ2v) is 4.86. The van der Waals surface area contributed by atoms with Crippen LogP contribution in [0.3, 0.4) is 0 Å². The highest BCUT2D eigenvalue weighted by atomic mass is 79.9. The highest BCUT2D eigenvalue weighted by molar-refractivity contribution is 9.10. The monoisotopic (exact) mass is 333 g/mol. The second-order valence-electron chi connectivity index (χ2n) is 3.95. The SMILES string of the molecule is COCCOCC(O)CNc1cc(Br)ccc1OC. The molecule has 1 aromatic carbocycles. The van der Waals surface area contributed by atoms with Crippen LogP contribution in [-0.4, -0.2) is 51.8 Å². The van der Waals surface area contributed by atoms with Crippen LogP contribution in [0, 0.1) is 0 Å². The molecule has 0 radical (unpaired) electrons. The number of rotatable bonds is 9. The number of ether oxygens (including phenoxy) is 3. The van der Waals surface area contributed by atoms with Gasteiger partial charge in [-0.1, -0.05) is 15.9 Å². The minimum atomic E-state index is -0.583. The fraction of sp³-hybridized carbons (Fsp3) is 0.538. The molecule has 0 spiro atoms. The fourth-order valence-electron chi connectivity index (χ4n) is 1.47. The van der Waals surface area contributed by atoms with Crippen LogP contribution >= 0.6 is 15.9 Å². The summed E-state index contributed by atoms with van der Waals surface area (Å²) in [6, 6.07) is 5.65. The Balaban J connectivity index is 2.36. The maximum Gasteiger partial charge on any atom is 0.142 e. The first kappa shape index (κ1) is 16.2. The highest BCUT2D eigenvalue weighted by Gasteiger charge is 2.07. The molecule has 5 nitrogen and oxygen atoms in total. The van der Waals surface area contributed by atoms with Gasteiger partial charge < -0.3 is 24.6 Å². The molecule has 0 aromatic heterocycles. The molecule has 0 bridgehead atoms. The molecule has 1 rings (SSSR count). The van der Waals surface area contributed by atoms with Crippen molar-refractivity contribution in [3.05, 3.63) is 22.7 Å². The Morgan fingerprint density at radius 3 is 2.79 bits per heavy atom. The molecule has 1 atom stereocenters. The second kappa shape index (κ2) is 9.14. The molecule has 1 aromatic rings. The van der Waals surface area contributed by atoms with Crippen LogP contribution in [0.25, 0.3) is 0 Å². The van der Waals surface area contributed by atoms with Gasteiger partial charge in [-0.05, 0) is 18.2 Å². The Morgan fingerprint density at radius 1 is 1.32 bits per heavy atom. The van der Waals surface area contributed by atoms with Gasteiger partial charge in [-0.15, -0.1) is 0 Å². The summed E-state index contributed by atoms with van der Waals surface area (Å²) >= 11 is 3.40. The van der Waals surface area contributed by atoms with Gasteiger partial charge in [0.2, 0.25) is 0 Å². The molecule has 0 saturated carbocycles. The zero-order valence-electron chi connectivity index (χ0n) is 11.2. The van der Waals surface area contributed by atoms with E-state index in [-0.39, 0.29) is 6.61 Å².